The Morgan fingerprint density at radius 3 is 2.62 bits per heavy atom. The van der Waals surface area contributed by atoms with Crippen LogP contribution in [0.5, 0.6) is 0 Å². The molecule has 0 unspecified atom stereocenters. The van der Waals surface area contributed by atoms with Crippen molar-refractivity contribution in [2.24, 2.45) is 0 Å². The van der Waals surface area contributed by atoms with Crippen molar-refractivity contribution in [3.05, 3.63) is 28.8 Å². The van der Waals surface area contributed by atoms with Gasteiger partial charge in [0.1, 0.15) is 0 Å². The lowest BCUT2D eigenvalue weighted by atomic mass is 10.2. The molecule has 1 rings (SSSR count). The Kier molecular flexibility index (Phi) is 5.64. The topological polar surface area (TPSA) is 15.3 Å². The predicted molar refractivity (Wildman–Crippen MR) is 72.4 cm³/mol. The average molecular weight is 241 g/mol. The molecule has 2 nitrogen and oxygen atoms in total. The van der Waals surface area contributed by atoms with Crippen LogP contribution >= 0.6 is 11.6 Å². The lowest BCUT2D eigenvalue weighted by Gasteiger charge is -2.18. The van der Waals surface area contributed by atoms with E-state index in [1.165, 1.54) is 11.3 Å². The van der Waals surface area contributed by atoms with Crippen LogP contribution in [-0.4, -0.2) is 20.1 Å². The van der Waals surface area contributed by atoms with Gasteiger partial charge in [0.05, 0.1) is 0 Å². The number of rotatable bonds is 6. The first-order valence-corrected chi connectivity index (χ1v) is 6.27. The molecule has 0 aromatic heterocycles. The van der Waals surface area contributed by atoms with Crippen molar-refractivity contribution in [2.45, 2.75) is 26.8 Å². The standard InChI is InChI=1S/C13H21ClN2/c1-4-8-15-10-11-6-7-12(9-13(11)14)16(3)5-2/h6-7,9,15H,4-5,8,10H2,1-3H3. The average Bonchev–Trinajstić information content (AvgIpc) is 2.30. The summed E-state index contributed by atoms with van der Waals surface area (Å²) < 4.78 is 0. The summed E-state index contributed by atoms with van der Waals surface area (Å²) in [6.45, 7) is 7.16. The van der Waals surface area contributed by atoms with Gasteiger partial charge in [0.25, 0.3) is 0 Å². The quantitative estimate of drug-likeness (QED) is 0.768. The van der Waals surface area contributed by atoms with Crippen LogP contribution in [0, 0.1) is 0 Å². The van der Waals surface area contributed by atoms with Gasteiger partial charge in [-0.15, -0.1) is 0 Å². The van der Waals surface area contributed by atoms with E-state index < -0.39 is 0 Å². The molecule has 1 aromatic carbocycles. The minimum atomic E-state index is 0.849. The molecule has 16 heavy (non-hydrogen) atoms. The van der Waals surface area contributed by atoms with Crippen LogP contribution in [0.1, 0.15) is 25.8 Å². The third-order valence-corrected chi connectivity index (χ3v) is 3.05. The maximum Gasteiger partial charge on any atom is 0.0471 e. The van der Waals surface area contributed by atoms with Gasteiger partial charge in [-0.25, -0.2) is 0 Å². The number of hydrogen-bond acceptors (Lipinski definition) is 2. The summed E-state index contributed by atoms with van der Waals surface area (Å²) in [6, 6.07) is 6.26. The van der Waals surface area contributed by atoms with Crippen molar-refractivity contribution < 1.29 is 0 Å². The van der Waals surface area contributed by atoms with Crippen molar-refractivity contribution >= 4 is 17.3 Å². The Morgan fingerprint density at radius 2 is 2.06 bits per heavy atom. The number of anilines is 1. The Bertz CT molecular complexity index is 326. The molecule has 0 aliphatic rings. The Hall–Kier alpha value is -0.730. The molecule has 0 saturated heterocycles. The summed E-state index contributed by atoms with van der Waals surface area (Å²) >= 11 is 6.24. The van der Waals surface area contributed by atoms with E-state index in [0.717, 1.165) is 31.1 Å². The van der Waals surface area contributed by atoms with Crippen LogP contribution in [-0.2, 0) is 6.54 Å². The molecule has 0 spiro atoms. The molecule has 0 fully saturated rings. The number of nitrogens with one attached hydrogen (secondary N) is 1. The summed E-state index contributed by atoms with van der Waals surface area (Å²) in [7, 11) is 2.07. The van der Waals surface area contributed by atoms with Crippen LogP contribution in [0.2, 0.25) is 5.02 Å². The SMILES string of the molecule is CCCNCc1ccc(N(C)CC)cc1Cl. The van der Waals surface area contributed by atoms with E-state index in [4.69, 9.17) is 11.6 Å². The van der Waals surface area contributed by atoms with Crippen LogP contribution in [0.15, 0.2) is 18.2 Å². The number of nitrogens with zero attached hydrogens (tertiary/aromatic N) is 1. The maximum absolute atomic E-state index is 6.24. The third kappa shape index (κ3) is 3.69. The normalized spacial score (nSPS) is 10.5. The van der Waals surface area contributed by atoms with Crippen LogP contribution in [0.3, 0.4) is 0 Å². The minimum absolute atomic E-state index is 0.849. The second kappa shape index (κ2) is 6.77. The minimum Gasteiger partial charge on any atom is -0.375 e. The van der Waals surface area contributed by atoms with E-state index in [0.29, 0.717) is 0 Å². The molecule has 0 heterocycles. The van der Waals surface area contributed by atoms with Gasteiger partial charge in [-0.05, 0) is 37.6 Å². The lowest BCUT2D eigenvalue weighted by Crippen LogP contribution is -2.17. The number of hydrogen-bond donors (Lipinski definition) is 1. The molecule has 0 amide bonds. The van der Waals surface area contributed by atoms with Gasteiger partial charge in [-0.3, -0.25) is 0 Å². The summed E-state index contributed by atoms with van der Waals surface area (Å²) in [5, 5.41) is 4.21. The highest BCUT2D eigenvalue weighted by Gasteiger charge is 2.03. The first-order valence-electron chi connectivity index (χ1n) is 5.89. The first kappa shape index (κ1) is 13.3. The molecule has 0 radical (unpaired) electrons. The van der Waals surface area contributed by atoms with E-state index in [1.54, 1.807) is 0 Å². The zero-order chi connectivity index (χ0) is 12.0. The van der Waals surface area contributed by atoms with Crippen LogP contribution in [0.4, 0.5) is 5.69 Å². The molecule has 0 atom stereocenters. The van der Waals surface area contributed by atoms with Crippen molar-refractivity contribution in [3.8, 4) is 0 Å². The highest BCUT2D eigenvalue weighted by molar-refractivity contribution is 6.31. The molecule has 0 aliphatic carbocycles. The molecule has 0 saturated carbocycles. The molecule has 90 valence electrons. The molecular formula is C13H21ClN2. The fraction of sp³-hybridized carbons (Fsp3) is 0.538. The smallest absolute Gasteiger partial charge is 0.0471 e. The Labute approximate surface area is 104 Å². The molecular weight excluding hydrogens is 220 g/mol. The predicted octanol–water partition coefficient (Wildman–Crippen LogP) is 3.30. The van der Waals surface area contributed by atoms with Crippen molar-refractivity contribution in [3.63, 3.8) is 0 Å². The summed E-state index contributed by atoms with van der Waals surface area (Å²) in [5.41, 5.74) is 2.34. The van der Waals surface area contributed by atoms with E-state index in [2.05, 4.69) is 43.2 Å². The fourth-order valence-electron chi connectivity index (χ4n) is 1.50. The molecule has 1 N–H and O–H groups in total. The van der Waals surface area contributed by atoms with Crippen LogP contribution < -0.4 is 10.2 Å². The lowest BCUT2D eigenvalue weighted by molar-refractivity contribution is 0.675. The van der Waals surface area contributed by atoms with Crippen molar-refractivity contribution in [2.75, 3.05) is 25.0 Å². The van der Waals surface area contributed by atoms with E-state index in [-0.39, 0.29) is 0 Å². The van der Waals surface area contributed by atoms with Gasteiger partial charge in [0, 0.05) is 30.8 Å². The van der Waals surface area contributed by atoms with Gasteiger partial charge in [-0.1, -0.05) is 24.6 Å². The molecule has 0 aliphatic heterocycles. The van der Waals surface area contributed by atoms with Gasteiger partial charge < -0.3 is 10.2 Å². The van der Waals surface area contributed by atoms with E-state index in [1.807, 2.05) is 6.07 Å². The largest absolute Gasteiger partial charge is 0.375 e. The summed E-state index contributed by atoms with van der Waals surface area (Å²) in [6.07, 6.45) is 1.15. The Morgan fingerprint density at radius 1 is 1.31 bits per heavy atom. The van der Waals surface area contributed by atoms with Gasteiger partial charge in [0.2, 0.25) is 0 Å². The second-order valence-corrected chi connectivity index (χ2v) is 4.37. The van der Waals surface area contributed by atoms with Crippen molar-refractivity contribution in [1.29, 1.82) is 0 Å². The van der Waals surface area contributed by atoms with Gasteiger partial charge in [0.15, 0.2) is 0 Å². The monoisotopic (exact) mass is 240 g/mol. The molecule has 0 bridgehead atoms. The van der Waals surface area contributed by atoms with Gasteiger partial charge in [-0.2, -0.15) is 0 Å². The van der Waals surface area contributed by atoms with E-state index >= 15 is 0 Å². The maximum atomic E-state index is 6.24. The highest BCUT2D eigenvalue weighted by Crippen LogP contribution is 2.22. The molecule has 1 aromatic rings. The molecule has 3 heteroatoms. The summed E-state index contributed by atoms with van der Waals surface area (Å²) in [4.78, 5) is 2.18. The third-order valence-electron chi connectivity index (χ3n) is 2.69. The number of benzene rings is 1. The fourth-order valence-corrected chi connectivity index (χ4v) is 1.74. The van der Waals surface area contributed by atoms with Crippen LogP contribution in [0.25, 0.3) is 0 Å². The first-order chi connectivity index (χ1) is 7.69. The second-order valence-electron chi connectivity index (χ2n) is 3.97. The highest BCUT2D eigenvalue weighted by atomic mass is 35.5. The number of halogens is 1. The summed E-state index contributed by atoms with van der Waals surface area (Å²) in [5.74, 6) is 0. The zero-order valence-corrected chi connectivity index (χ0v) is 11.1. The van der Waals surface area contributed by atoms with Gasteiger partial charge >= 0.3 is 0 Å². The van der Waals surface area contributed by atoms with Crippen molar-refractivity contribution in [1.82, 2.24) is 5.32 Å². The Balaban J connectivity index is 2.67. The zero-order valence-electron chi connectivity index (χ0n) is 10.4. The van der Waals surface area contributed by atoms with E-state index in [9.17, 15) is 0 Å².